The van der Waals surface area contributed by atoms with Crippen molar-refractivity contribution in [2.45, 2.75) is 37.9 Å². The summed E-state index contributed by atoms with van der Waals surface area (Å²) in [6.45, 7) is 4.14. The molecule has 4 rings (SSSR count). The summed E-state index contributed by atoms with van der Waals surface area (Å²) in [6, 6.07) is 14.3. The lowest BCUT2D eigenvalue weighted by Gasteiger charge is -2.19. The SMILES string of the molecule is COc1ccc(C(NC(=O)CSc2nncn2-c2ccc(C)cc2C)C2CC2)cc1. The first-order chi connectivity index (χ1) is 14.5. The van der Waals surface area contributed by atoms with Crippen molar-refractivity contribution >= 4 is 17.7 Å². The second-order valence-electron chi connectivity index (χ2n) is 7.72. The molecule has 1 aliphatic rings. The third-order valence-corrected chi connectivity index (χ3v) is 6.29. The summed E-state index contributed by atoms with van der Waals surface area (Å²) in [7, 11) is 1.66. The summed E-state index contributed by atoms with van der Waals surface area (Å²) in [5.74, 6) is 1.62. The van der Waals surface area contributed by atoms with E-state index in [4.69, 9.17) is 4.74 Å². The summed E-state index contributed by atoms with van der Waals surface area (Å²) < 4.78 is 7.18. The number of aryl methyl sites for hydroxylation is 2. The van der Waals surface area contributed by atoms with Crippen molar-refractivity contribution in [2.75, 3.05) is 12.9 Å². The van der Waals surface area contributed by atoms with Crippen LogP contribution in [0.25, 0.3) is 5.69 Å². The Morgan fingerprint density at radius 1 is 1.23 bits per heavy atom. The Morgan fingerprint density at radius 2 is 2.00 bits per heavy atom. The van der Waals surface area contributed by atoms with Crippen molar-refractivity contribution in [3.63, 3.8) is 0 Å². The van der Waals surface area contributed by atoms with Crippen LogP contribution in [-0.2, 0) is 4.79 Å². The first-order valence-electron chi connectivity index (χ1n) is 10.1. The fourth-order valence-electron chi connectivity index (χ4n) is 3.62. The van der Waals surface area contributed by atoms with Gasteiger partial charge in [-0.1, -0.05) is 41.6 Å². The van der Waals surface area contributed by atoms with Crippen LogP contribution in [-0.4, -0.2) is 33.5 Å². The number of benzene rings is 2. The Morgan fingerprint density at radius 3 is 2.67 bits per heavy atom. The highest BCUT2D eigenvalue weighted by molar-refractivity contribution is 7.99. The predicted molar refractivity (Wildman–Crippen MR) is 118 cm³/mol. The van der Waals surface area contributed by atoms with Gasteiger partial charge in [-0.15, -0.1) is 10.2 Å². The molecule has 156 valence electrons. The van der Waals surface area contributed by atoms with Gasteiger partial charge in [-0.3, -0.25) is 9.36 Å². The minimum absolute atomic E-state index is 0.00268. The standard InChI is InChI=1S/C23H26N4O2S/c1-15-4-11-20(16(2)12-15)27-14-24-26-23(27)30-13-21(28)25-22(17-5-6-17)18-7-9-19(29-3)10-8-18/h4,7-12,14,17,22H,5-6,13H2,1-3H3,(H,25,28). The topological polar surface area (TPSA) is 69.0 Å². The second kappa shape index (κ2) is 8.92. The van der Waals surface area contributed by atoms with Crippen LogP contribution >= 0.6 is 11.8 Å². The Balaban J connectivity index is 1.41. The van der Waals surface area contributed by atoms with E-state index in [1.165, 1.54) is 17.3 Å². The van der Waals surface area contributed by atoms with Gasteiger partial charge in [0.25, 0.3) is 0 Å². The van der Waals surface area contributed by atoms with E-state index >= 15 is 0 Å². The number of carbonyl (C=O) groups is 1. The van der Waals surface area contributed by atoms with Crippen molar-refractivity contribution < 1.29 is 9.53 Å². The summed E-state index contributed by atoms with van der Waals surface area (Å²) in [5.41, 5.74) is 4.51. The van der Waals surface area contributed by atoms with Crippen LogP contribution in [0.1, 0.15) is 35.6 Å². The van der Waals surface area contributed by atoms with Gasteiger partial charge in [0.1, 0.15) is 12.1 Å². The highest BCUT2D eigenvalue weighted by Crippen LogP contribution is 2.41. The molecular formula is C23H26N4O2S. The molecule has 0 spiro atoms. The van der Waals surface area contributed by atoms with Gasteiger partial charge in [0.2, 0.25) is 5.91 Å². The maximum absolute atomic E-state index is 12.7. The Kier molecular flexibility index (Phi) is 6.08. The third-order valence-electron chi connectivity index (χ3n) is 5.35. The van der Waals surface area contributed by atoms with Crippen LogP contribution in [0.5, 0.6) is 5.75 Å². The summed E-state index contributed by atoms with van der Waals surface area (Å²) in [6.07, 6.45) is 3.98. The number of aromatic nitrogens is 3. The number of carbonyl (C=O) groups excluding carboxylic acids is 1. The minimum Gasteiger partial charge on any atom is -0.497 e. The van der Waals surface area contributed by atoms with Crippen molar-refractivity contribution in [1.29, 1.82) is 0 Å². The average Bonchev–Trinajstić information content (AvgIpc) is 3.48. The first kappa shape index (κ1) is 20.5. The number of rotatable bonds is 8. The Bertz CT molecular complexity index is 1030. The lowest BCUT2D eigenvalue weighted by Crippen LogP contribution is -2.31. The molecule has 1 N–H and O–H groups in total. The molecule has 0 bridgehead atoms. The van der Waals surface area contributed by atoms with E-state index in [-0.39, 0.29) is 11.9 Å². The number of hydrogen-bond acceptors (Lipinski definition) is 5. The van der Waals surface area contributed by atoms with Gasteiger partial charge in [-0.25, -0.2) is 0 Å². The van der Waals surface area contributed by atoms with E-state index in [0.717, 1.165) is 35.4 Å². The highest BCUT2D eigenvalue weighted by Gasteiger charge is 2.33. The van der Waals surface area contributed by atoms with Crippen LogP contribution in [0.2, 0.25) is 0 Å². The smallest absolute Gasteiger partial charge is 0.230 e. The third kappa shape index (κ3) is 4.67. The van der Waals surface area contributed by atoms with Crippen LogP contribution < -0.4 is 10.1 Å². The molecule has 1 saturated carbocycles. The van der Waals surface area contributed by atoms with E-state index in [9.17, 15) is 4.79 Å². The molecule has 0 aliphatic heterocycles. The first-order valence-corrected chi connectivity index (χ1v) is 11.1. The van der Waals surface area contributed by atoms with Gasteiger partial charge in [0.15, 0.2) is 5.16 Å². The van der Waals surface area contributed by atoms with Gasteiger partial charge in [0.05, 0.1) is 24.6 Å². The van der Waals surface area contributed by atoms with Crippen molar-refractivity contribution in [3.8, 4) is 11.4 Å². The average molecular weight is 423 g/mol. The van der Waals surface area contributed by atoms with Gasteiger partial charge in [-0.2, -0.15) is 0 Å². The predicted octanol–water partition coefficient (Wildman–Crippen LogP) is 4.25. The number of hydrogen-bond donors (Lipinski definition) is 1. The quantitative estimate of drug-likeness (QED) is 0.550. The van der Waals surface area contributed by atoms with Gasteiger partial charge >= 0.3 is 0 Å². The van der Waals surface area contributed by atoms with Crippen molar-refractivity contribution in [3.05, 3.63) is 65.5 Å². The van der Waals surface area contributed by atoms with Crippen molar-refractivity contribution in [1.82, 2.24) is 20.1 Å². The summed E-state index contributed by atoms with van der Waals surface area (Å²) >= 11 is 1.40. The minimum atomic E-state index is 0.00268. The van der Waals surface area contributed by atoms with Gasteiger partial charge < -0.3 is 10.1 Å². The number of ether oxygens (including phenoxy) is 1. The van der Waals surface area contributed by atoms with E-state index in [1.54, 1.807) is 13.4 Å². The molecule has 0 saturated heterocycles. The van der Waals surface area contributed by atoms with E-state index in [2.05, 4.69) is 47.6 Å². The number of nitrogens with zero attached hydrogens (tertiary/aromatic N) is 3. The largest absolute Gasteiger partial charge is 0.497 e. The molecule has 30 heavy (non-hydrogen) atoms. The maximum atomic E-state index is 12.7. The van der Waals surface area contributed by atoms with E-state index < -0.39 is 0 Å². The van der Waals surface area contributed by atoms with Crippen LogP contribution in [0.3, 0.4) is 0 Å². The fourth-order valence-corrected chi connectivity index (χ4v) is 4.36. The zero-order valence-corrected chi connectivity index (χ0v) is 18.3. The molecule has 1 heterocycles. The second-order valence-corrected chi connectivity index (χ2v) is 8.66. The lowest BCUT2D eigenvalue weighted by molar-refractivity contribution is -0.119. The lowest BCUT2D eigenvalue weighted by atomic mass is 10.0. The zero-order chi connectivity index (χ0) is 21.1. The number of amides is 1. The fraction of sp³-hybridized carbons (Fsp3) is 0.348. The molecule has 1 aliphatic carbocycles. The number of nitrogens with one attached hydrogen (secondary N) is 1. The summed E-state index contributed by atoms with van der Waals surface area (Å²) in [4.78, 5) is 12.7. The number of thioether (sulfide) groups is 1. The Hall–Kier alpha value is -2.80. The van der Waals surface area contributed by atoms with Gasteiger partial charge in [-0.05, 0) is 61.9 Å². The molecule has 0 radical (unpaired) electrons. The van der Waals surface area contributed by atoms with E-state index in [1.807, 2.05) is 28.8 Å². The molecule has 1 atom stereocenters. The monoisotopic (exact) mass is 422 g/mol. The zero-order valence-electron chi connectivity index (χ0n) is 17.5. The van der Waals surface area contributed by atoms with Crippen molar-refractivity contribution in [2.24, 2.45) is 5.92 Å². The summed E-state index contributed by atoms with van der Waals surface area (Å²) in [5, 5.41) is 12.2. The molecular weight excluding hydrogens is 396 g/mol. The molecule has 6 nitrogen and oxygen atoms in total. The highest BCUT2D eigenvalue weighted by atomic mass is 32.2. The van der Waals surface area contributed by atoms with Crippen LogP contribution in [0.15, 0.2) is 53.9 Å². The molecule has 1 aromatic heterocycles. The molecule has 7 heteroatoms. The van der Waals surface area contributed by atoms with Crippen LogP contribution in [0, 0.1) is 19.8 Å². The Labute approximate surface area is 181 Å². The van der Waals surface area contributed by atoms with Crippen LogP contribution in [0.4, 0.5) is 0 Å². The molecule has 3 aromatic rings. The molecule has 1 amide bonds. The molecule has 1 unspecified atom stereocenters. The van der Waals surface area contributed by atoms with Gasteiger partial charge in [0, 0.05) is 0 Å². The number of methoxy groups -OCH3 is 1. The normalized spacial score (nSPS) is 14.4. The van der Waals surface area contributed by atoms with E-state index in [0.29, 0.717) is 16.8 Å². The maximum Gasteiger partial charge on any atom is 0.230 e. The molecule has 2 aromatic carbocycles. The molecule has 1 fully saturated rings.